The van der Waals surface area contributed by atoms with Gasteiger partial charge in [-0.15, -0.1) is 0 Å². The number of rotatable bonds is 8. The summed E-state index contributed by atoms with van der Waals surface area (Å²) in [5, 5.41) is 14.7. The Bertz CT molecular complexity index is 1300. The summed E-state index contributed by atoms with van der Waals surface area (Å²) in [7, 11) is -1.13. The molecular formula is C41H60O4Si. The Morgan fingerprint density at radius 3 is 2.07 bits per heavy atom. The van der Waals surface area contributed by atoms with Gasteiger partial charge in [0.15, 0.2) is 0 Å². The average Bonchev–Trinajstić information content (AvgIpc) is 3.40. The van der Waals surface area contributed by atoms with E-state index in [1.54, 1.807) is 0 Å². The highest BCUT2D eigenvalue weighted by Gasteiger charge is 2.63. The molecule has 1 N–H and O–H groups in total. The van der Waals surface area contributed by atoms with Gasteiger partial charge in [0.2, 0.25) is 0 Å². The highest BCUT2D eigenvalue weighted by Crippen LogP contribution is 2.68. The maximum absolute atomic E-state index is 12.1. The van der Waals surface area contributed by atoms with Crippen molar-refractivity contribution in [3.8, 4) is 0 Å². The molecule has 46 heavy (non-hydrogen) atoms. The molecule has 9 unspecified atom stereocenters. The molecule has 4 saturated carbocycles. The van der Waals surface area contributed by atoms with Crippen LogP contribution in [0, 0.1) is 46.3 Å². The predicted molar refractivity (Wildman–Crippen MR) is 190 cm³/mol. The van der Waals surface area contributed by atoms with E-state index < -0.39 is 8.32 Å². The molecular weight excluding hydrogens is 585 g/mol. The number of hydrogen-bond acceptors (Lipinski definition) is 4. The van der Waals surface area contributed by atoms with Gasteiger partial charge in [-0.05, 0) is 120 Å². The fourth-order valence-electron chi connectivity index (χ4n) is 11.9. The molecule has 2 aromatic rings. The van der Waals surface area contributed by atoms with Crippen molar-refractivity contribution in [3.05, 3.63) is 60.7 Å². The van der Waals surface area contributed by atoms with Crippen molar-refractivity contribution in [3.63, 3.8) is 0 Å². The lowest BCUT2D eigenvalue weighted by Gasteiger charge is -2.63. The Balaban J connectivity index is 1.23. The molecule has 4 aliphatic rings. The van der Waals surface area contributed by atoms with Crippen LogP contribution in [0.25, 0.3) is 0 Å². The van der Waals surface area contributed by atoms with Crippen molar-refractivity contribution in [1.82, 2.24) is 0 Å². The summed E-state index contributed by atoms with van der Waals surface area (Å²) in [6.07, 6.45) is 10.6. The van der Waals surface area contributed by atoms with Crippen LogP contribution >= 0.6 is 0 Å². The molecule has 4 fully saturated rings. The first-order chi connectivity index (χ1) is 21.8. The molecule has 0 radical (unpaired) electrons. The van der Waals surface area contributed by atoms with E-state index in [0.717, 1.165) is 25.7 Å². The largest absolute Gasteiger partial charge is 0.469 e. The second kappa shape index (κ2) is 12.8. The van der Waals surface area contributed by atoms with E-state index in [9.17, 15) is 9.90 Å². The summed E-state index contributed by atoms with van der Waals surface area (Å²) >= 11 is 0. The fourth-order valence-corrected chi connectivity index (χ4v) is 16.6. The van der Waals surface area contributed by atoms with E-state index >= 15 is 0 Å². The number of fused-ring (bicyclic) bond motifs is 5. The maximum Gasteiger partial charge on any atom is 0.305 e. The highest BCUT2D eigenvalue weighted by molar-refractivity contribution is 6.99. The molecule has 10 atom stereocenters. The number of carbonyl (C=O) groups is 1. The lowest BCUT2D eigenvalue weighted by Crippen LogP contribution is -2.68. The minimum atomic E-state index is -2.62. The van der Waals surface area contributed by atoms with Gasteiger partial charge in [-0.2, -0.15) is 0 Å². The zero-order valence-corrected chi connectivity index (χ0v) is 30.6. The summed E-state index contributed by atoms with van der Waals surface area (Å²) in [4.78, 5) is 11.9. The third-order valence-electron chi connectivity index (χ3n) is 14.2. The van der Waals surface area contributed by atoms with E-state index in [-0.39, 0.29) is 34.0 Å². The van der Waals surface area contributed by atoms with E-state index in [2.05, 4.69) is 102 Å². The summed E-state index contributed by atoms with van der Waals surface area (Å²) in [6.45, 7) is 14.6. The number of aliphatic hydroxyl groups excluding tert-OH is 1. The fraction of sp³-hybridized carbons (Fsp3) is 0.683. The second-order valence-electron chi connectivity index (χ2n) is 17.3. The van der Waals surface area contributed by atoms with Crippen LogP contribution in [-0.2, 0) is 14.0 Å². The van der Waals surface area contributed by atoms with E-state index in [1.165, 1.54) is 49.6 Å². The van der Waals surface area contributed by atoms with E-state index in [4.69, 9.17) is 9.16 Å². The molecule has 6 rings (SSSR count). The van der Waals surface area contributed by atoms with Crippen LogP contribution < -0.4 is 10.4 Å². The predicted octanol–water partition coefficient (Wildman–Crippen LogP) is 8.15. The van der Waals surface area contributed by atoms with Crippen molar-refractivity contribution in [2.75, 3.05) is 7.11 Å². The Morgan fingerprint density at radius 1 is 0.891 bits per heavy atom. The standard InChI is InChI=1S/C41H60O4Si/c1-28(18-21-37(43)44-7)33-19-20-34-38-35(23-25-41(33,34)6)40(5)24-22-30(26-29(40)27-36(38)42)45-46(39(2,3)4,31-14-10-8-11-15-31)32-16-12-9-13-17-32/h8-17,28-30,33-36,38,42H,18-27H2,1-7H3/t28-,29?,30?,33?,34?,35?,36?,38?,40?,41?/m1/s1. The molecule has 0 heterocycles. The van der Waals surface area contributed by atoms with Crippen LogP contribution in [0.2, 0.25) is 5.04 Å². The summed E-state index contributed by atoms with van der Waals surface area (Å²) < 4.78 is 12.6. The van der Waals surface area contributed by atoms with Gasteiger partial charge in [-0.1, -0.05) is 102 Å². The molecule has 4 aliphatic carbocycles. The normalized spacial score (nSPS) is 36.7. The number of benzene rings is 2. The van der Waals surface area contributed by atoms with Gasteiger partial charge in [0, 0.05) is 12.5 Å². The van der Waals surface area contributed by atoms with Gasteiger partial charge in [0.05, 0.1) is 13.2 Å². The summed E-state index contributed by atoms with van der Waals surface area (Å²) in [5.74, 6) is 3.08. The SMILES string of the molecule is COC(=O)CC[C@@H](C)C1CCC2C3C(O)CC4CC(O[Si](c5ccccc5)(c5ccccc5)C(C)(C)C)CCC4(C)C3CCC21C. The van der Waals surface area contributed by atoms with Gasteiger partial charge in [0.25, 0.3) is 8.32 Å². The van der Waals surface area contributed by atoms with Crippen LogP contribution in [0.1, 0.15) is 106 Å². The van der Waals surface area contributed by atoms with Crippen molar-refractivity contribution >= 4 is 24.7 Å². The van der Waals surface area contributed by atoms with Crippen LogP contribution in [0.15, 0.2) is 60.7 Å². The third kappa shape index (κ3) is 5.64. The lowest BCUT2D eigenvalue weighted by molar-refractivity contribution is -0.173. The van der Waals surface area contributed by atoms with Gasteiger partial charge >= 0.3 is 5.97 Å². The number of carbonyl (C=O) groups excluding carboxylic acids is 1. The van der Waals surface area contributed by atoms with Gasteiger partial charge < -0.3 is 14.3 Å². The average molecular weight is 645 g/mol. The van der Waals surface area contributed by atoms with Crippen LogP contribution in [-0.4, -0.2) is 38.7 Å². The van der Waals surface area contributed by atoms with Crippen LogP contribution in [0.3, 0.4) is 0 Å². The van der Waals surface area contributed by atoms with Crippen molar-refractivity contribution in [2.24, 2.45) is 46.3 Å². The lowest BCUT2D eigenvalue weighted by atomic mass is 9.43. The first-order valence-electron chi connectivity index (χ1n) is 18.4. The molecule has 2 aromatic carbocycles. The monoisotopic (exact) mass is 644 g/mol. The van der Waals surface area contributed by atoms with Gasteiger partial charge in [-0.3, -0.25) is 4.79 Å². The molecule has 0 saturated heterocycles. The third-order valence-corrected chi connectivity index (χ3v) is 19.3. The zero-order valence-electron chi connectivity index (χ0n) is 29.6. The van der Waals surface area contributed by atoms with Crippen molar-refractivity contribution in [2.45, 2.75) is 123 Å². The minimum Gasteiger partial charge on any atom is -0.469 e. The molecule has 0 aromatic heterocycles. The Morgan fingerprint density at radius 2 is 1.48 bits per heavy atom. The molecule has 0 amide bonds. The van der Waals surface area contributed by atoms with Crippen LogP contribution in [0.4, 0.5) is 0 Å². The van der Waals surface area contributed by atoms with E-state index in [0.29, 0.717) is 41.9 Å². The molecule has 252 valence electrons. The topological polar surface area (TPSA) is 55.8 Å². The molecule has 0 spiro atoms. The minimum absolute atomic E-state index is 0.0333. The number of methoxy groups -OCH3 is 1. The van der Waals surface area contributed by atoms with Crippen molar-refractivity contribution in [1.29, 1.82) is 0 Å². The quantitative estimate of drug-likeness (QED) is 0.233. The number of hydrogen-bond donors (Lipinski definition) is 1. The Kier molecular flexibility index (Phi) is 9.46. The first-order valence-corrected chi connectivity index (χ1v) is 20.3. The van der Waals surface area contributed by atoms with Gasteiger partial charge in [-0.25, -0.2) is 0 Å². The molecule has 0 aliphatic heterocycles. The number of esters is 1. The Hall–Kier alpha value is -1.95. The molecule has 4 nitrogen and oxygen atoms in total. The van der Waals surface area contributed by atoms with Gasteiger partial charge in [0.1, 0.15) is 0 Å². The molecule has 0 bridgehead atoms. The van der Waals surface area contributed by atoms with Crippen molar-refractivity contribution < 1.29 is 19.1 Å². The summed E-state index contributed by atoms with van der Waals surface area (Å²) in [6, 6.07) is 22.1. The molecule has 5 heteroatoms. The Labute approximate surface area is 280 Å². The van der Waals surface area contributed by atoms with Crippen LogP contribution in [0.5, 0.6) is 0 Å². The highest BCUT2D eigenvalue weighted by atomic mass is 28.4. The second-order valence-corrected chi connectivity index (χ2v) is 21.5. The smallest absolute Gasteiger partial charge is 0.305 e. The van der Waals surface area contributed by atoms with E-state index in [1.807, 2.05) is 0 Å². The number of ether oxygens (including phenoxy) is 1. The number of aliphatic hydroxyl groups is 1. The first kappa shape index (κ1) is 33.9. The summed E-state index contributed by atoms with van der Waals surface area (Å²) in [5.41, 5.74) is 0.510. The zero-order chi connectivity index (χ0) is 32.9. The maximum atomic E-state index is 12.1.